The van der Waals surface area contributed by atoms with Crippen molar-refractivity contribution in [2.75, 3.05) is 23.3 Å². The number of ketones is 2. The lowest BCUT2D eigenvalue weighted by Gasteiger charge is -2.31. The van der Waals surface area contributed by atoms with Crippen LogP contribution in [0.3, 0.4) is 0 Å². The second kappa shape index (κ2) is 12.4. The molecule has 1 aromatic heterocycles. The van der Waals surface area contributed by atoms with Gasteiger partial charge in [-0.15, -0.1) is 0 Å². The van der Waals surface area contributed by atoms with Gasteiger partial charge in [-0.25, -0.2) is 0 Å². The standard InChI is InChI=1S/C33H31ClN4O3/c1-37-13-10-25(21-37)33(41)19-23-3-9-31(29(34)17-23)36-30-8-2-22(16-26(30)20-35)18-32(40)24-4-6-27(7-5-24)38-14-11-28(39)12-15-38/h2-10,13,16-17,21,28,36,39H,11-12,14-15,18-19H2,1H3. The van der Waals surface area contributed by atoms with Crippen molar-refractivity contribution in [3.8, 4) is 6.07 Å². The molecule has 0 atom stereocenters. The van der Waals surface area contributed by atoms with Crippen LogP contribution in [-0.2, 0) is 19.9 Å². The maximum atomic E-state index is 13.0. The number of aryl methyl sites for hydroxylation is 1. The van der Waals surface area contributed by atoms with Crippen LogP contribution >= 0.6 is 11.6 Å². The molecule has 5 rings (SSSR count). The molecule has 2 heterocycles. The van der Waals surface area contributed by atoms with Crippen molar-refractivity contribution in [2.45, 2.75) is 31.8 Å². The van der Waals surface area contributed by atoms with E-state index in [0.29, 0.717) is 33.1 Å². The molecule has 4 aromatic rings. The quantitative estimate of drug-likeness (QED) is 0.237. The molecule has 41 heavy (non-hydrogen) atoms. The zero-order valence-corrected chi connectivity index (χ0v) is 23.6. The summed E-state index contributed by atoms with van der Waals surface area (Å²) in [5.74, 6) is -0.0168. The minimum absolute atomic E-state index is 0.0120. The Morgan fingerprint density at radius 3 is 2.17 bits per heavy atom. The Labute approximate surface area is 244 Å². The summed E-state index contributed by atoms with van der Waals surface area (Å²) in [7, 11) is 1.87. The summed E-state index contributed by atoms with van der Waals surface area (Å²) in [5.41, 5.74) is 5.45. The van der Waals surface area contributed by atoms with Gasteiger partial charge in [-0.1, -0.05) is 23.7 Å². The predicted octanol–water partition coefficient (Wildman–Crippen LogP) is 6.11. The average molecular weight is 567 g/mol. The smallest absolute Gasteiger partial charge is 0.168 e. The van der Waals surface area contributed by atoms with Crippen LogP contribution in [0.4, 0.5) is 17.1 Å². The van der Waals surface area contributed by atoms with Crippen molar-refractivity contribution in [3.63, 3.8) is 0 Å². The molecule has 7 nitrogen and oxygen atoms in total. The lowest BCUT2D eigenvalue weighted by atomic mass is 10.00. The summed E-state index contributed by atoms with van der Waals surface area (Å²) in [4.78, 5) is 27.7. The van der Waals surface area contributed by atoms with Gasteiger partial charge in [-0.05, 0) is 78.6 Å². The Balaban J connectivity index is 1.22. The van der Waals surface area contributed by atoms with Gasteiger partial charge in [0.15, 0.2) is 11.6 Å². The number of nitrogens with zero attached hydrogens (tertiary/aromatic N) is 3. The molecule has 8 heteroatoms. The van der Waals surface area contributed by atoms with Gasteiger partial charge >= 0.3 is 0 Å². The Morgan fingerprint density at radius 2 is 1.56 bits per heavy atom. The molecule has 0 spiro atoms. The third-order valence-corrected chi connectivity index (χ3v) is 7.72. The monoisotopic (exact) mass is 566 g/mol. The Bertz CT molecular complexity index is 1610. The van der Waals surface area contributed by atoms with Crippen molar-refractivity contribution < 1.29 is 14.7 Å². The van der Waals surface area contributed by atoms with Crippen LogP contribution in [0.5, 0.6) is 0 Å². The lowest BCUT2D eigenvalue weighted by molar-refractivity contribution is 0.0985. The summed E-state index contributed by atoms with van der Waals surface area (Å²) in [5, 5.41) is 23.2. The van der Waals surface area contributed by atoms with Gasteiger partial charge in [0.1, 0.15) is 6.07 Å². The van der Waals surface area contributed by atoms with Gasteiger partial charge in [0, 0.05) is 62.2 Å². The van der Waals surface area contributed by atoms with E-state index >= 15 is 0 Å². The van der Waals surface area contributed by atoms with Gasteiger partial charge in [0.2, 0.25) is 0 Å². The Hall–Kier alpha value is -4.38. The first-order valence-electron chi connectivity index (χ1n) is 13.6. The fourth-order valence-corrected chi connectivity index (χ4v) is 5.29. The van der Waals surface area contributed by atoms with Crippen LogP contribution in [0.2, 0.25) is 5.02 Å². The molecular formula is C33H31ClN4O3. The number of halogens is 1. The summed E-state index contributed by atoms with van der Waals surface area (Å²) in [6.45, 7) is 1.60. The zero-order chi connectivity index (χ0) is 28.9. The predicted molar refractivity (Wildman–Crippen MR) is 161 cm³/mol. The maximum Gasteiger partial charge on any atom is 0.168 e. The number of carbonyl (C=O) groups is 2. The maximum absolute atomic E-state index is 13.0. The normalized spacial score (nSPS) is 13.6. The molecule has 0 radical (unpaired) electrons. The molecule has 1 aliphatic heterocycles. The van der Waals surface area contributed by atoms with Crippen molar-refractivity contribution >= 4 is 40.2 Å². The van der Waals surface area contributed by atoms with Crippen molar-refractivity contribution in [2.24, 2.45) is 7.05 Å². The largest absolute Gasteiger partial charge is 0.393 e. The molecule has 1 aliphatic rings. The number of aliphatic hydroxyl groups excluding tert-OH is 1. The summed E-state index contributed by atoms with van der Waals surface area (Å²) in [6.07, 6.45) is 5.31. The van der Waals surface area contributed by atoms with E-state index in [-0.39, 0.29) is 30.5 Å². The molecule has 208 valence electrons. The summed E-state index contributed by atoms with van der Waals surface area (Å²) in [6, 6.07) is 22.3. The highest BCUT2D eigenvalue weighted by Gasteiger charge is 2.18. The van der Waals surface area contributed by atoms with Crippen LogP contribution in [0.1, 0.15) is 50.2 Å². The van der Waals surface area contributed by atoms with Crippen LogP contribution in [0.25, 0.3) is 0 Å². The van der Waals surface area contributed by atoms with E-state index in [9.17, 15) is 20.0 Å². The van der Waals surface area contributed by atoms with Crippen LogP contribution in [0.15, 0.2) is 79.1 Å². The van der Waals surface area contributed by atoms with Gasteiger partial charge in [0.25, 0.3) is 0 Å². The number of hydrogen-bond acceptors (Lipinski definition) is 6. The fraction of sp³-hybridized carbons (Fsp3) is 0.242. The molecule has 0 aliphatic carbocycles. The number of aliphatic hydroxyl groups is 1. The number of piperidine rings is 1. The van der Waals surface area contributed by atoms with Gasteiger partial charge in [0.05, 0.1) is 28.1 Å². The van der Waals surface area contributed by atoms with Crippen LogP contribution in [-0.4, -0.2) is 40.4 Å². The highest BCUT2D eigenvalue weighted by atomic mass is 35.5. The first kappa shape index (κ1) is 28.2. The molecule has 1 fully saturated rings. The van der Waals surface area contributed by atoms with E-state index in [1.54, 1.807) is 36.5 Å². The zero-order valence-electron chi connectivity index (χ0n) is 22.8. The first-order chi connectivity index (χ1) is 19.8. The average Bonchev–Trinajstić information content (AvgIpc) is 3.42. The number of nitrogens with one attached hydrogen (secondary N) is 1. The second-order valence-electron chi connectivity index (χ2n) is 10.5. The van der Waals surface area contributed by atoms with E-state index in [1.807, 2.05) is 54.2 Å². The van der Waals surface area contributed by atoms with Crippen LogP contribution < -0.4 is 10.2 Å². The number of benzene rings is 3. The van der Waals surface area contributed by atoms with Crippen molar-refractivity contribution in [3.05, 3.63) is 112 Å². The third kappa shape index (κ3) is 6.86. The van der Waals surface area contributed by atoms with Crippen LogP contribution in [0, 0.1) is 11.3 Å². The van der Waals surface area contributed by atoms with Crippen molar-refractivity contribution in [1.82, 2.24) is 4.57 Å². The highest BCUT2D eigenvalue weighted by Crippen LogP contribution is 2.29. The minimum Gasteiger partial charge on any atom is -0.393 e. The minimum atomic E-state index is -0.230. The summed E-state index contributed by atoms with van der Waals surface area (Å²) >= 11 is 6.52. The Morgan fingerprint density at radius 1 is 0.927 bits per heavy atom. The molecule has 1 saturated heterocycles. The number of hydrogen-bond donors (Lipinski definition) is 2. The number of Topliss-reactive ketones (excluding diaryl/α,β-unsaturated/α-hetero) is 2. The third-order valence-electron chi connectivity index (χ3n) is 7.41. The molecule has 2 N–H and O–H groups in total. The molecule has 0 saturated carbocycles. The number of nitriles is 1. The van der Waals surface area contributed by atoms with E-state index < -0.39 is 0 Å². The topological polar surface area (TPSA) is 98.4 Å². The van der Waals surface area contributed by atoms with Gasteiger partial charge < -0.3 is 19.9 Å². The Kier molecular flexibility index (Phi) is 8.53. The molecule has 0 bridgehead atoms. The number of rotatable bonds is 9. The van der Waals surface area contributed by atoms with Gasteiger partial charge in [-0.3, -0.25) is 9.59 Å². The fourth-order valence-electron chi connectivity index (χ4n) is 5.04. The van der Waals surface area contributed by atoms with E-state index in [2.05, 4.69) is 16.3 Å². The van der Waals surface area contributed by atoms with Crippen molar-refractivity contribution in [1.29, 1.82) is 5.26 Å². The van der Waals surface area contributed by atoms with E-state index in [1.165, 1.54) is 0 Å². The van der Waals surface area contributed by atoms with E-state index in [0.717, 1.165) is 42.7 Å². The summed E-state index contributed by atoms with van der Waals surface area (Å²) < 4.78 is 1.84. The second-order valence-corrected chi connectivity index (χ2v) is 10.9. The first-order valence-corrected chi connectivity index (χ1v) is 14.0. The SMILES string of the molecule is Cn1ccc(C(=O)Cc2ccc(Nc3ccc(CC(=O)c4ccc(N5CCC(O)CC5)cc4)cc3C#N)c(Cl)c2)c1. The lowest BCUT2D eigenvalue weighted by Crippen LogP contribution is -2.35. The van der Waals surface area contributed by atoms with Gasteiger partial charge in [-0.2, -0.15) is 5.26 Å². The molecule has 0 amide bonds. The number of anilines is 3. The highest BCUT2D eigenvalue weighted by molar-refractivity contribution is 6.33. The molecule has 3 aromatic carbocycles. The number of aromatic nitrogens is 1. The molecular weight excluding hydrogens is 536 g/mol. The van der Waals surface area contributed by atoms with E-state index in [4.69, 9.17) is 11.6 Å². The number of carbonyl (C=O) groups excluding carboxylic acids is 2. The molecule has 0 unspecified atom stereocenters.